The van der Waals surface area contributed by atoms with Crippen LogP contribution in [0.4, 0.5) is 16.2 Å². The first-order valence-electron chi connectivity index (χ1n) is 7.28. The standard InChI is InChI=1S/C17H17ClN2O2S/c1-11(2)22-14-7-8-16-15(10-14)19(3)17(21)20(23-16)13-6-4-5-12(18)9-13/h4-11H,1-3H3. The van der Waals surface area contributed by atoms with E-state index >= 15 is 0 Å². The first kappa shape index (κ1) is 16.0. The Hall–Kier alpha value is -1.85. The van der Waals surface area contributed by atoms with Gasteiger partial charge in [0.2, 0.25) is 0 Å². The van der Waals surface area contributed by atoms with Gasteiger partial charge in [-0.1, -0.05) is 17.7 Å². The van der Waals surface area contributed by atoms with Crippen LogP contribution >= 0.6 is 23.5 Å². The van der Waals surface area contributed by atoms with E-state index < -0.39 is 0 Å². The minimum atomic E-state index is -0.119. The van der Waals surface area contributed by atoms with Crippen LogP contribution in [0.25, 0.3) is 0 Å². The number of nitrogens with zero attached hydrogens (tertiary/aromatic N) is 2. The number of benzene rings is 2. The van der Waals surface area contributed by atoms with Gasteiger partial charge >= 0.3 is 6.03 Å². The lowest BCUT2D eigenvalue weighted by Crippen LogP contribution is -2.40. The fraction of sp³-hybridized carbons (Fsp3) is 0.235. The van der Waals surface area contributed by atoms with Gasteiger partial charge in [-0.15, -0.1) is 0 Å². The van der Waals surface area contributed by atoms with Gasteiger partial charge in [0.1, 0.15) is 5.75 Å². The minimum Gasteiger partial charge on any atom is -0.491 e. The average molecular weight is 349 g/mol. The third-order valence-electron chi connectivity index (χ3n) is 3.36. The number of anilines is 2. The maximum absolute atomic E-state index is 12.7. The highest BCUT2D eigenvalue weighted by Crippen LogP contribution is 2.42. The van der Waals surface area contributed by atoms with Crippen LogP contribution in [-0.4, -0.2) is 19.2 Å². The van der Waals surface area contributed by atoms with Crippen molar-refractivity contribution >= 4 is 41.0 Å². The molecule has 2 amide bonds. The van der Waals surface area contributed by atoms with Crippen LogP contribution in [0.15, 0.2) is 47.4 Å². The third-order valence-corrected chi connectivity index (χ3v) is 4.68. The lowest BCUT2D eigenvalue weighted by Gasteiger charge is -2.34. The van der Waals surface area contributed by atoms with Crippen molar-refractivity contribution in [2.45, 2.75) is 24.8 Å². The maximum atomic E-state index is 12.7. The Morgan fingerprint density at radius 3 is 2.65 bits per heavy atom. The highest BCUT2D eigenvalue weighted by molar-refractivity contribution is 8.01. The monoisotopic (exact) mass is 348 g/mol. The van der Waals surface area contributed by atoms with Crippen LogP contribution < -0.4 is 13.9 Å². The molecule has 0 aliphatic carbocycles. The molecule has 1 heterocycles. The molecule has 2 aromatic carbocycles. The molecule has 1 aliphatic heterocycles. The summed E-state index contributed by atoms with van der Waals surface area (Å²) in [7, 11) is 1.76. The van der Waals surface area contributed by atoms with E-state index in [0.29, 0.717) is 5.02 Å². The molecule has 0 fully saturated rings. The van der Waals surface area contributed by atoms with Gasteiger partial charge in [-0.25, -0.2) is 9.10 Å². The number of rotatable bonds is 3. The number of hydrogen-bond donors (Lipinski definition) is 0. The summed E-state index contributed by atoms with van der Waals surface area (Å²) >= 11 is 7.43. The Morgan fingerprint density at radius 1 is 1.17 bits per heavy atom. The van der Waals surface area contributed by atoms with Crippen molar-refractivity contribution in [2.24, 2.45) is 0 Å². The lowest BCUT2D eigenvalue weighted by atomic mass is 10.2. The van der Waals surface area contributed by atoms with Crippen LogP contribution in [0.3, 0.4) is 0 Å². The van der Waals surface area contributed by atoms with Crippen molar-refractivity contribution in [2.75, 3.05) is 16.3 Å². The molecule has 0 spiro atoms. The topological polar surface area (TPSA) is 32.8 Å². The zero-order valence-electron chi connectivity index (χ0n) is 13.1. The van der Waals surface area contributed by atoms with Gasteiger partial charge in [0.15, 0.2) is 0 Å². The highest BCUT2D eigenvalue weighted by atomic mass is 35.5. The summed E-state index contributed by atoms with van der Waals surface area (Å²) in [6.45, 7) is 3.95. The number of carbonyl (C=O) groups excluding carboxylic acids is 1. The normalized spacial score (nSPS) is 14.2. The van der Waals surface area contributed by atoms with Crippen molar-refractivity contribution in [1.82, 2.24) is 0 Å². The van der Waals surface area contributed by atoms with Crippen molar-refractivity contribution in [1.29, 1.82) is 0 Å². The molecule has 0 radical (unpaired) electrons. The first-order valence-corrected chi connectivity index (χ1v) is 8.43. The summed E-state index contributed by atoms with van der Waals surface area (Å²) in [5.74, 6) is 0.759. The van der Waals surface area contributed by atoms with Crippen LogP contribution in [0.5, 0.6) is 5.75 Å². The fourth-order valence-corrected chi connectivity index (χ4v) is 3.54. The Labute approximate surface area is 145 Å². The Bertz CT molecular complexity index is 751. The quantitative estimate of drug-likeness (QED) is 0.714. The van der Waals surface area contributed by atoms with E-state index in [1.165, 1.54) is 11.9 Å². The average Bonchev–Trinajstić information content (AvgIpc) is 2.50. The van der Waals surface area contributed by atoms with Gasteiger partial charge in [-0.3, -0.25) is 4.90 Å². The van der Waals surface area contributed by atoms with Crippen molar-refractivity contribution in [3.63, 3.8) is 0 Å². The summed E-state index contributed by atoms with van der Waals surface area (Å²) in [5.41, 5.74) is 1.60. The van der Waals surface area contributed by atoms with Gasteiger partial charge in [0.25, 0.3) is 0 Å². The van der Waals surface area contributed by atoms with Crippen molar-refractivity contribution < 1.29 is 9.53 Å². The van der Waals surface area contributed by atoms with Crippen LogP contribution in [0.1, 0.15) is 13.8 Å². The molecule has 4 nitrogen and oxygen atoms in total. The molecule has 0 atom stereocenters. The number of ether oxygens (including phenoxy) is 1. The summed E-state index contributed by atoms with van der Waals surface area (Å²) in [4.78, 5) is 15.3. The number of hydrogen-bond acceptors (Lipinski definition) is 3. The largest absolute Gasteiger partial charge is 0.491 e. The van der Waals surface area contributed by atoms with Gasteiger partial charge in [0, 0.05) is 18.1 Å². The SMILES string of the molecule is CC(C)Oc1ccc2c(c1)N(C)C(=O)N(c1cccc(Cl)c1)S2. The molecule has 3 rings (SSSR count). The van der Waals surface area contributed by atoms with Crippen LogP contribution in [0, 0.1) is 0 Å². The van der Waals surface area contributed by atoms with Crippen molar-refractivity contribution in [3.8, 4) is 5.75 Å². The molecular weight excluding hydrogens is 332 g/mol. The summed E-state index contributed by atoms with van der Waals surface area (Å²) in [5, 5.41) is 0.602. The molecule has 1 aliphatic rings. The Morgan fingerprint density at radius 2 is 1.96 bits per heavy atom. The van der Waals surface area contributed by atoms with Gasteiger partial charge in [-0.2, -0.15) is 0 Å². The second-order valence-electron chi connectivity index (χ2n) is 5.50. The van der Waals surface area contributed by atoms with E-state index in [9.17, 15) is 4.79 Å². The smallest absolute Gasteiger partial charge is 0.339 e. The van der Waals surface area contributed by atoms with Gasteiger partial charge < -0.3 is 4.74 Å². The molecule has 2 aromatic rings. The van der Waals surface area contributed by atoms with Crippen LogP contribution in [0.2, 0.25) is 5.02 Å². The van der Waals surface area contributed by atoms with Crippen LogP contribution in [-0.2, 0) is 0 Å². The number of carbonyl (C=O) groups is 1. The van der Waals surface area contributed by atoms with Gasteiger partial charge in [-0.05, 0) is 56.1 Å². The molecule has 0 bridgehead atoms. The molecule has 0 aromatic heterocycles. The molecule has 0 N–H and O–H groups in total. The number of amides is 2. The summed E-state index contributed by atoms with van der Waals surface area (Å²) in [6, 6.07) is 12.9. The van der Waals surface area contributed by atoms with E-state index in [4.69, 9.17) is 16.3 Å². The predicted molar refractivity (Wildman–Crippen MR) is 95.8 cm³/mol. The van der Waals surface area contributed by atoms with E-state index in [1.807, 2.05) is 44.2 Å². The van der Waals surface area contributed by atoms with E-state index in [0.717, 1.165) is 22.0 Å². The lowest BCUT2D eigenvalue weighted by molar-refractivity contribution is 0.242. The second kappa shape index (κ2) is 6.34. The van der Waals surface area contributed by atoms with E-state index in [2.05, 4.69) is 0 Å². The van der Waals surface area contributed by atoms with E-state index in [-0.39, 0.29) is 12.1 Å². The second-order valence-corrected chi connectivity index (χ2v) is 6.93. The van der Waals surface area contributed by atoms with E-state index in [1.54, 1.807) is 28.4 Å². The number of urea groups is 1. The molecule has 0 unspecified atom stereocenters. The van der Waals surface area contributed by atoms with Gasteiger partial charge in [0.05, 0.1) is 22.4 Å². The van der Waals surface area contributed by atoms with Crippen molar-refractivity contribution in [3.05, 3.63) is 47.5 Å². The fourth-order valence-electron chi connectivity index (χ4n) is 2.32. The molecule has 0 saturated carbocycles. The third kappa shape index (κ3) is 3.26. The minimum absolute atomic E-state index is 0.0910. The molecule has 6 heteroatoms. The first-order chi connectivity index (χ1) is 11.0. The molecule has 23 heavy (non-hydrogen) atoms. The summed E-state index contributed by atoms with van der Waals surface area (Å²) in [6.07, 6.45) is 0.0910. The maximum Gasteiger partial charge on any atom is 0.339 e. The highest BCUT2D eigenvalue weighted by Gasteiger charge is 2.30. The summed E-state index contributed by atoms with van der Waals surface area (Å²) < 4.78 is 7.35. The zero-order valence-corrected chi connectivity index (χ0v) is 14.7. The zero-order chi connectivity index (χ0) is 16.6. The number of halogens is 1. The molecular formula is C17H17ClN2O2S. The number of fused-ring (bicyclic) bond motifs is 1. The molecule has 0 saturated heterocycles. The Balaban J connectivity index is 1.95. The predicted octanol–water partition coefficient (Wildman–Crippen LogP) is 5.21. The Kier molecular flexibility index (Phi) is 4.41. The molecule has 120 valence electrons.